The molecule has 1 fully saturated rings. The van der Waals surface area contributed by atoms with Crippen LogP contribution in [0.3, 0.4) is 0 Å². The third-order valence-corrected chi connectivity index (χ3v) is 5.00. The van der Waals surface area contributed by atoms with Gasteiger partial charge in [-0.1, -0.05) is 0 Å². The van der Waals surface area contributed by atoms with Crippen LogP contribution in [0.25, 0.3) is 10.8 Å². The highest BCUT2D eigenvalue weighted by Gasteiger charge is 2.25. The van der Waals surface area contributed by atoms with E-state index in [0.717, 1.165) is 12.8 Å². The molecule has 1 aliphatic heterocycles. The summed E-state index contributed by atoms with van der Waals surface area (Å²) in [4.78, 5) is 30.7. The van der Waals surface area contributed by atoms with E-state index in [9.17, 15) is 9.59 Å². The number of carbonyl (C=O) groups excluding carboxylic acids is 2. The number of aromatic nitrogens is 1. The molecule has 0 radical (unpaired) electrons. The molecule has 1 unspecified atom stereocenters. The molecule has 7 nitrogen and oxygen atoms in total. The van der Waals surface area contributed by atoms with Gasteiger partial charge in [0.05, 0.1) is 32.1 Å². The van der Waals surface area contributed by atoms with Crippen molar-refractivity contribution in [1.29, 1.82) is 0 Å². The number of amides is 1. The maximum absolute atomic E-state index is 12.9. The smallest absolute Gasteiger partial charge is 0.307 e. The fourth-order valence-corrected chi connectivity index (χ4v) is 3.53. The van der Waals surface area contributed by atoms with Crippen molar-refractivity contribution >= 4 is 23.2 Å². The van der Waals surface area contributed by atoms with Gasteiger partial charge in [0.1, 0.15) is 4.88 Å². The van der Waals surface area contributed by atoms with Crippen molar-refractivity contribution in [1.82, 2.24) is 9.88 Å². The van der Waals surface area contributed by atoms with Gasteiger partial charge in [-0.25, -0.2) is 4.98 Å². The zero-order chi connectivity index (χ0) is 17.6. The Bertz CT molecular complexity index is 706. The number of methoxy groups -OCH3 is 1. The zero-order valence-corrected chi connectivity index (χ0v) is 14.8. The lowest BCUT2D eigenvalue weighted by Crippen LogP contribution is -2.38. The van der Waals surface area contributed by atoms with Gasteiger partial charge in [-0.15, -0.1) is 11.3 Å². The van der Waals surface area contributed by atoms with Crippen LogP contribution in [-0.2, 0) is 14.3 Å². The Morgan fingerprint density at radius 3 is 3.04 bits per heavy atom. The van der Waals surface area contributed by atoms with E-state index < -0.39 is 0 Å². The number of hydrogen-bond donors (Lipinski definition) is 0. The number of furan rings is 1. The van der Waals surface area contributed by atoms with Gasteiger partial charge < -0.3 is 18.8 Å². The predicted molar refractivity (Wildman–Crippen MR) is 91.3 cm³/mol. The van der Waals surface area contributed by atoms with E-state index in [4.69, 9.17) is 9.15 Å². The summed E-state index contributed by atoms with van der Waals surface area (Å²) in [5.41, 5.74) is 0. The van der Waals surface area contributed by atoms with Crippen molar-refractivity contribution in [2.24, 2.45) is 0 Å². The van der Waals surface area contributed by atoms with Gasteiger partial charge >= 0.3 is 5.97 Å². The molecular weight excluding hydrogens is 344 g/mol. The lowest BCUT2D eigenvalue weighted by atomic mass is 10.2. The Morgan fingerprint density at radius 1 is 1.48 bits per heavy atom. The van der Waals surface area contributed by atoms with Crippen molar-refractivity contribution < 1.29 is 23.5 Å². The van der Waals surface area contributed by atoms with E-state index in [1.54, 1.807) is 29.5 Å². The number of esters is 1. The second-order valence-electron chi connectivity index (χ2n) is 5.72. The molecule has 3 heterocycles. The molecule has 1 saturated heterocycles. The third-order valence-electron chi connectivity index (χ3n) is 4.00. The first-order chi connectivity index (χ1) is 12.2. The topological polar surface area (TPSA) is 81.9 Å². The Balaban J connectivity index is 1.71. The molecule has 0 spiro atoms. The summed E-state index contributed by atoms with van der Waals surface area (Å²) in [7, 11) is 1.34. The first kappa shape index (κ1) is 17.6. The fourth-order valence-electron chi connectivity index (χ4n) is 2.68. The zero-order valence-electron chi connectivity index (χ0n) is 14.0. The Hall–Kier alpha value is -2.19. The van der Waals surface area contributed by atoms with E-state index in [1.807, 2.05) is 0 Å². The first-order valence-corrected chi connectivity index (χ1v) is 8.96. The highest BCUT2D eigenvalue weighted by Crippen LogP contribution is 2.26. The van der Waals surface area contributed by atoms with Crippen LogP contribution in [0, 0.1) is 0 Å². The van der Waals surface area contributed by atoms with Crippen LogP contribution in [0.4, 0.5) is 0 Å². The van der Waals surface area contributed by atoms with Crippen molar-refractivity contribution in [3.63, 3.8) is 0 Å². The van der Waals surface area contributed by atoms with Gasteiger partial charge in [-0.2, -0.15) is 0 Å². The van der Waals surface area contributed by atoms with E-state index >= 15 is 0 Å². The summed E-state index contributed by atoms with van der Waals surface area (Å²) in [5, 5.41) is 0.651. The first-order valence-electron chi connectivity index (χ1n) is 8.15. The monoisotopic (exact) mass is 364 g/mol. The molecular formula is C17H20N2O5S. The molecule has 2 aromatic heterocycles. The molecule has 1 aliphatic rings. The summed E-state index contributed by atoms with van der Waals surface area (Å²) in [6, 6.07) is 3.58. The number of thiazole rings is 1. The van der Waals surface area contributed by atoms with Crippen LogP contribution in [0.15, 0.2) is 29.0 Å². The summed E-state index contributed by atoms with van der Waals surface area (Å²) in [5.74, 6) is 0.129. The minimum atomic E-state index is -0.342. The van der Waals surface area contributed by atoms with Gasteiger partial charge in [0.15, 0.2) is 10.8 Å². The number of hydrogen-bond acceptors (Lipinski definition) is 7. The predicted octanol–water partition coefficient (Wildman–Crippen LogP) is 2.59. The van der Waals surface area contributed by atoms with Crippen LogP contribution >= 0.6 is 11.3 Å². The SMILES string of the molecule is COC(=O)CCN(CC1CCCO1)C(=O)c1cnc(-c2ccco2)s1. The summed E-state index contributed by atoms with van der Waals surface area (Å²) >= 11 is 1.27. The van der Waals surface area contributed by atoms with E-state index in [2.05, 4.69) is 9.72 Å². The molecule has 1 amide bonds. The highest BCUT2D eigenvalue weighted by molar-refractivity contribution is 7.16. The molecule has 0 bridgehead atoms. The second kappa shape index (κ2) is 8.26. The van der Waals surface area contributed by atoms with Gasteiger partial charge in [0.2, 0.25) is 0 Å². The lowest BCUT2D eigenvalue weighted by Gasteiger charge is -2.24. The Labute approximate surface area is 149 Å². The molecule has 1 atom stereocenters. The van der Waals surface area contributed by atoms with Crippen molar-refractivity contribution in [2.75, 3.05) is 26.8 Å². The fraction of sp³-hybridized carbons (Fsp3) is 0.471. The molecule has 134 valence electrons. The van der Waals surface area contributed by atoms with Crippen LogP contribution < -0.4 is 0 Å². The average Bonchev–Trinajstić information content (AvgIpc) is 3.38. The molecule has 0 aromatic carbocycles. The van der Waals surface area contributed by atoms with Crippen LogP contribution in [0.5, 0.6) is 0 Å². The van der Waals surface area contributed by atoms with Gasteiger partial charge in [0, 0.05) is 19.7 Å². The summed E-state index contributed by atoms with van der Waals surface area (Å²) < 4.78 is 15.6. The average molecular weight is 364 g/mol. The van der Waals surface area contributed by atoms with Crippen molar-refractivity contribution in [3.05, 3.63) is 29.5 Å². The van der Waals surface area contributed by atoms with E-state index in [-0.39, 0.29) is 24.4 Å². The van der Waals surface area contributed by atoms with Crippen molar-refractivity contribution in [3.8, 4) is 10.8 Å². The highest BCUT2D eigenvalue weighted by atomic mass is 32.1. The molecule has 3 rings (SSSR count). The normalized spacial score (nSPS) is 16.8. The number of nitrogens with zero attached hydrogens (tertiary/aromatic N) is 2. The van der Waals surface area contributed by atoms with Crippen molar-refractivity contribution in [2.45, 2.75) is 25.4 Å². The van der Waals surface area contributed by atoms with E-state index in [0.29, 0.717) is 35.3 Å². The van der Waals surface area contributed by atoms with Gasteiger partial charge in [-0.05, 0) is 25.0 Å². The molecule has 25 heavy (non-hydrogen) atoms. The molecule has 0 aliphatic carbocycles. The number of ether oxygens (including phenoxy) is 2. The van der Waals surface area contributed by atoms with Crippen LogP contribution in [0.1, 0.15) is 28.9 Å². The molecule has 0 N–H and O–H groups in total. The number of rotatable bonds is 7. The second-order valence-corrected chi connectivity index (χ2v) is 6.75. The summed E-state index contributed by atoms with van der Waals surface area (Å²) in [6.07, 6.45) is 5.19. The molecule has 8 heteroatoms. The van der Waals surface area contributed by atoms with Gasteiger partial charge in [-0.3, -0.25) is 9.59 Å². The lowest BCUT2D eigenvalue weighted by molar-refractivity contribution is -0.140. The van der Waals surface area contributed by atoms with Crippen LogP contribution in [0.2, 0.25) is 0 Å². The standard InChI is InChI=1S/C17H20N2O5S/c1-22-15(20)6-7-19(11-12-4-2-8-23-12)17(21)14-10-18-16(25-14)13-5-3-9-24-13/h3,5,9-10,12H,2,4,6-8,11H2,1H3. The van der Waals surface area contributed by atoms with Gasteiger partial charge in [0.25, 0.3) is 5.91 Å². The Kier molecular flexibility index (Phi) is 5.83. The van der Waals surface area contributed by atoms with Crippen LogP contribution in [-0.4, -0.2) is 54.7 Å². The maximum Gasteiger partial charge on any atom is 0.307 e. The molecule has 0 saturated carbocycles. The number of carbonyl (C=O) groups is 2. The maximum atomic E-state index is 12.9. The minimum absolute atomic E-state index is 0.0130. The largest absolute Gasteiger partial charge is 0.469 e. The quantitative estimate of drug-likeness (QED) is 0.703. The third kappa shape index (κ3) is 4.46. The summed E-state index contributed by atoms with van der Waals surface area (Å²) in [6.45, 7) is 1.47. The minimum Gasteiger partial charge on any atom is -0.469 e. The molecule has 2 aromatic rings. The van der Waals surface area contributed by atoms with E-state index in [1.165, 1.54) is 18.4 Å². The Morgan fingerprint density at radius 2 is 2.36 bits per heavy atom.